The van der Waals surface area contributed by atoms with Gasteiger partial charge in [-0.25, -0.2) is 9.78 Å². The number of nitro groups is 1. The lowest BCUT2D eigenvalue weighted by Gasteiger charge is -2.08. The number of nitro benzene ring substituents is 1. The summed E-state index contributed by atoms with van der Waals surface area (Å²) in [6.45, 7) is 0. The highest BCUT2D eigenvalue weighted by atomic mass is 79.9. The maximum absolute atomic E-state index is 12.0. The van der Waals surface area contributed by atoms with E-state index in [0.717, 1.165) is 0 Å². The second kappa shape index (κ2) is 7.56. The van der Waals surface area contributed by atoms with E-state index >= 15 is 0 Å². The Morgan fingerprint density at radius 3 is 2.67 bits per heavy atom. The third-order valence-electron chi connectivity index (χ3n) is 4.55. The Kier molecular flexibility index (Phi) is 4.92. The van der Waals surface area contributed by atoms with E-state index in [0.29, 0.717) is 32.7 Å². The highest BCUT2D eigenvalue weighted by molar-refractivity contribution is 9.10. The van der Waals surface area contributed by atoms with Crippen molar-refractivity contribution in [2.45, 2.75) is 0 Å². The number of rotatable bonds is 5. The monoisotopic (exact) mass is 468 g/mol. The number of ether oxygens (including phenoxy) is 1. The van der Waals surface area contributed by atoms with Crippen LogP contribution in [0.15, 0.2) is 53.0 Å². The van der Waals surface area contributed by atoms with Crippen molar-refractivity contribution >= 4 is 38.6 Å². The Hall–Kier alpha value is -3.79. The Bertz CT molecular complexity index is 1320. The summed E-state index contributed by atoms with van der Waals surface area (Å²) in [6, 6.07) is 12.6. The number of aromatic carboxylic acids is 1. The molecule has 2 heterocycles. The number of nitrogens with one attached hydrogen (secondary N) is 1. The minimum atomic E-state index is -1.16. The lowest BCUT2D eigenvalue weighted by molar-refractivity contribution is -0.384. The molecule has 0 spiro atoms. The van der Waals surface area contributed by atoms with Gasteiger partial charge < -0.3 is 9.84 Å². The van der Waals surface area contributed by atoms with Crippen LogP contribution in [0.3, 0.4) is 0 Å². The molecule has 0 aliphatic heterocycles. The first kappa shape index (κ1) is 19.5. The summed E-state index contributed by atoms with van der Waals surface area (Å²) in [5, 5.41) is 28.1. The fraction of sp³-hybridized carbons (Fsp3) is 0.0500. The van der Waals surface area contributed by atoms with Crippen LogP contribution in [0.5, 0.6) is 5.75 Å². The number of carboxylic acid groups (broad SMARTS) is 1. The van der Waals surface area contributed by atoms with E-state index in [-0.39, 0.29) is 22.3 Å². The highest BCUT2D eigenvalue weighted by Gasteiger charge is 2.21. The van der Waals surface area contributed by atoms with Gasteiger partial charge in [0, 0.05) is 23.3 Å². The Labute approximate surface area is 177 Å². The van der Waals surface area contributed by atoms with E-state index in [2.05, 4.69) is 31.1 Å². The molecule has 2 N–H and O–H groups in total. The molecular formula is C20H13BrN4O5. The van der Waals surface area contributed by atoms with Crippen molar-refractivity contribution in [3.8, 4) is 28.3 Å². The summed E-state index contributed by atoms with van der Waals surface area (Å²) in [4.78, 5) is 27.1. The van der Waals surface area contributed by atoms with Crippen LogP contribution >= 0.6 is 15.9 Å². The smallest absolute Gasteiger partial charge is 0.336 e. The van der Waals surface area contributed by atoms with Crippen molar-refractivity contribution in [2.24, 2.45) is 0 Å². The molecular weight excluding hydrogens is 456 g/mol. The Morgan fingerprint density at radius 2 is 2.00 bits per heavy atom. The fourth-order valence-corrected chi connectivity index (χ4v) is 3.69. The lowest BCUT2D eigenvalue weighted by Crippen LogP contribution is -2.00. The number of hydrogen-bond acceptors (Lipinski definition) is 6. The molecule has 10 heteroatoms. The number of H-pyrrole nitrogens is 1. The topological polar surface area (TPSA) is 131 Å². The van der Waals surface area contributed by atoms with Gasteiger partial charge in [0.15, 0.2) is 5.65 Å². The van der Waals surface area contributed by atoms with Crippen molar-refractivity contribution in [3.63, 3.8) is 0 Å². The first-order valence-electron chi connectivity index (χ1n) is 8.60. The minimum Gasteiger partial charge on any atom is -0.496 e. The molecule has 0 bridgehead atoms. The van der Waals surface area contributed by atoms with Crippen molar-refractivity contribution < 1.29 is 19.6 Å². The number of halogens is 1. The van der Waals surface area contributed by atoms with Crippen molar-refractivity contribution in [3.05, 3.63) is 68.7 Å². The molecule has 4 aromatic rings. The van der Waals surface area contributed by atoms with E-state index in [9.17, 15) is 20.0 Å². The quantitative estimate of drug-likeness (QED) is 0.321. The van der Waals surface area contributed by atoms with Gasteiger partial charge in [0.1, 0.15) is 5.75 Å². The summed E-state index contributed by atoms with van der Waals surface area (Å²) in [5.74, 6) is -0.532. The predicted octanol–water partition coefficient (Wildman–Crippen LogP) is 4.67. The summed E-state index contributed by atoms with van der Waals surface area (Å²) >= 11 is 3.41. The number of aromatic amines is 1. The number of aromatic nitrogens is 3. The molecule has 9 nitrogen and oxygen atoms in total. The molecule has 2 aromatic heterocycles. The van der Waals surface area contributed by atoms with Gasteiger partial charge in [-0.15, -0.1) is 0 Å². The number of carbonyl (C=O) groups is 1. The molecule has 0 aliphatic carbocycles. The van der Waals surface area contributed by atoms with Crippen molar-refractivity contribution in [2.75, 3.05) is 7.11 Å². The van der Waals surface area contributed by atoms with E-state index < -0.39 is 10.9 Å². The van der Waals surface area contributed by atoms with Gasteiger partial charge in [0.05, 0.1) is 38.8 Å². The highest BCUT2D eigenvalue weighted by Crippen LogP contribution is 2.34. The van der Waals surface area contributed by atoms with Crippen molar-refractivity contribution in [1.29, 1.82) is 0 Å². The molecule has 0 fully saturated rings. The summed E-state index contributed by atoms with van der Waals surface area (Å²) in [7, 11) is 1.55. The maximum Gasteiger partial charge on any atom is 0.336 e. The van der Waals surface area contributed by atoms with Crippen LogP contribution in [-0.2, 0) is 0 Å². The van der Waals surface area contributed by atoms with Crippen LogP contribution in [0.25, 0.3) is 33.5 Å². The number of non-ortho nitro benzene ring substituents is 1. The van der Waals surface area contributed by atoms with Crippen LogP contribution in [0.2, 0.25) is 0 Å². The standard InChI is InChI=1S/C20H13BrN4O5/c1-30-16-6-5-10(8-14(16)21)15-9-13(20(26)27)17-18(23-24-19(17)22-15)11-3-2-4-12(7-11)25(28)29/h2-9H,1H3,(H,26,27)(H,22,23,24). The van der Waals surface area contributed by atoms with Gasteiger partial charge in [0.2, 0.25) is 0 Å². The summed E-state index contributed by atoms with van der Waals surface area (Å²) in [5.41, 5.74) is 1.94. The van der Waals surface area contributed by atoms with Gasteiger partial charge in [0.25, 0.3) is 5.69 Å². The van der Waals surface area contributed by atoms with E-state index in [4.69, 9.17) is 4.74 Å². The summed E-state index contributed by atoms with van der Waals surface area (Å²) in [6.07, 6.45) is 0. The average molecular weight is 469 g/mol. The number of pyridine rings is 1. The van der Waals surface area contributed by atoms with E-state index in [1.807, 2.05) is 0 Å². The fourth-order valence-electron chi connectivity index (χ4n) is 3.15. The Morgan fingerprint density at radius 1 is 1.20 bits per heavy atom. The lowest BCUT2D eigenvalue weighted by atomic mass is 10.0. The van der Waals surface area contributed by atoms with Crippen LogP contribution < -0.4 is 4.74 Å². The number of fused-ring (bicyclic) bond motifs is 1. The van der Waals surface area contributed by atoms with E-state index in [1.54, 1.807) is 31.4 Å². The molecule has 2 aromatic carbocycles. The predicted molar refractivity (Wildman–Crippen MR) is 113 cm³/mol. The second-order valence-electron chi connectivity index (χ2n) is 6.31. The number of methoxy groups -OCH3 is 1. The zero-order valence-electron chi connectivity index (χ0n) is 15.4. The van der Waals surface area contributed by atoms with Gasteiger partial charge in [-0.3, -0.25) is 15.2 Å². The number of nitrogens with zero attached hydrogens (tertiary/aromatic N) is 3. The maximum atomic E-state index is 12.0. The summed E-state index contributed by atoms with van der Waals surface area (Å²) < 4.78 is 5.92. The van der Waals surface area contributed by atoms with Crippen LogP contribution in [-0.4, -0.2) is 38.3 Å². The van der Waals surface area contributed by atoms with Crippen LogP contribution in [0, 0.1) is 10.1 Å². The number of carboxylic acids is 1. The second-order valence-corrected chi connectivity index (χ2v) is 7.17. The molecule has 30 heavy (non-hydrogen) atoms. The normalized spacial score (nSPS) is 10.9. The molecule has 0 saturated carbocycles. The largest absolute Gasteiger partial charge is 0.496 e. The molecule has 0 unspecified atom stereocenters. The van der Waals surface area contributed by atoms with E-state index in [1.165, 1.54) is 24.3 Å². The number of benzene rings is 2. The average Bonchev–Trinajstić information content (AvgIpc) is 3.17. The molecule has 0 radical (unpaired) electrons. The SMILES string of the molecule is COc1ccc(-c2cc(C(=O)O)c3c(-c4cccc([N+](=O)[O-])c4)[nH]nc3n2)cc1Br. The molecule has 0 atom stereocenters. The van der Waals surface area contributed by atoms with Gasteiger partial charge >= 0.3 is 5.97 Å². The van der Waals surface area contributed by atoms with Gasteiger partial charge in [-0.2, -0.15) is 5.10 Å². The third-order valence-corrected chi connectivity index (χ3v) is 5.17. The zero-order valence-corrected chi connectivity index (χ0v) is 17.0. The Balaban J connectivity index is 1.92. The van der Waals surface area contributed by atoms with Crippen LogP contribution in [0.1, 0.15) is 10.4 Å². The first-order valence-corrected chi connectivity index (χ1v) is 9.39. The first-order chi connectivity index (χ1) is 14.4. The molecule has 4 rings (SSSR count). The van der Waals surface area contributed by atoms with Gasteiger partial charge in [-0.05, 0) is 40.2 Å². The van der Waals surface area contributed by atoms with Crippen LogP contribution in [0.4, 0.5) is 5.69 Å². The van der Waals surface area contributed by atoms with Crippen molar-refractivity contribution in [1.82, 2.24) is 15.2 Å². The zero-order chi connectivity index (χ0) is 21.4. The third kappa shape index (κ3) is 3.37. The molecule has 0 saturated heterocycles. The molecule has 0 aliphatic rings. The van der Waals surface area contributed by atoms with Gasteiger partial charge in [-0.1, -0.05) is 12.1 Å². The minimum absolute atomic E-state index is 0.0165. The molecule has 0 amide bonds. The molecule has 150 valence electrons. The number of hydrogen-bond donors (Lipinski definition) is 2.